The van der Waals surface area contributed by atoms with E-state index in [4.69, 9.17) is 0 Å². The summed E-state index contributed by atoms with van der Waals surface area (Å²) in [5, 5.41) is 0.270. The van der Waals surface area contributed by atoms with Gasteiger partial charge in [-0.05, 0) is 18.8 Å². The molecule has 1 aliphatic carbocycles. The second-order valence-corrected chi connectivity index (χ2v) is 4.25. The lowest BCUT2D eigenvalue weighted by Crippen LogP contribution is -2.27. The number of hydrogen-bond acceptors (Lipinski definition) is 1. The van der Waals surface area contributed by atoms with E-state index in [1.807, 2.05) is 6.92 Å². The number of hydrogen-bond donors (Lipinski definition) is 1. The van der Waals surface area contributed by atoms with Crippen LogP contribution in [0.4, 0.5) is 8.78 Å². The van der Waals surface area contributed by atoms with Crippen molar-refractivity contribution in [1.82, 2.24) is 0 Å². The van der Waals surface area contributed by atoms with Gasteiger partial charge in [0.2, 0.25) is 5.92 Å². The Morgan fingerprint density at radius 3 is 2.18 bits per heavy atom. The van der Waals surface area contributed by atoms with Gasteiger partial charge in [0, 0.05) is 18.1 Å². The van der Waals surface area contributed by atoms with Crippen LogP contribution in [0.15, 0.2) is 0 Å². The summed E-state index contributed by atoms with van der Waals surface area (Å²) >= 11 is 4.25. The Labute approximate surface area is 71.8 Å². The van der Waals surface area contributed by atoms with Crippen molar-refractivity contribution in [3.8, 4) is 0 Å². The Morgan fingerprint density at radius 2 is 1.82 bits per heavy atom. The van der Waals surface area contributed by atoms with Crippen LogP contribution >= 0.6 is 12.6 Å². The zero-order valence-electron chi connectivity index (χ0n) is 6.69. The Balaban J connectivity index is 2.36. The lowest BCUT2D eigenvalue weighted by atomic mass is 9.85. The monoisotopic (exact) mass is 180 g/mol. The molecule has 1 unspecified atom stereocenters. The lowest BCUT2D eigenvalue weighted by molar-refractivity contribution is -0.0453. The zero-order valence-corrected chi connectivity index (χ0v) is 7.58. The maximum Gasteiger partial charge on any atom is 0.248 e. The number of rotatable bonds is 1. The smallest absolute Gasteiger partial charge is 0.207 e. The predicted molar refractivity (Wildman–Crippen MR) is 45.4 cm³/mol. The van der Waals surface area contributed by atoms with Crippen molar-refractivity contribution in [3.05, 3.63) is 0 Å². The van der Waals surface area contributed by atoms with Crippen LogP contribution in [0.25, 0.3) is 0 Å². The molecule has 0 amide bonds. The van der Waals surface area contributed by atoms with Crippen molar-refractivity contribution in [2.75, 3.05) is 0 Å². The van der Waals surface area contributed by atoms with Crippen molar-refractivity contribution in [2.24, 2.45) is 5.92 Å². The largest absolute Gasteiger partial charge is 0.248 e. The average Bonchev–Trinajstić information content (AvgIpc) is 1.86. The molecule has 1 aliphatic rings. The molecule has 1 rings (SSSR count). The van der Waals surface area contributed by atoms with Crippen LogP contribution < -0.4 is 0 Å². The van der Waals surface area contributed by atoms with Crippen LogP contribution in [0.2, 0.25) is 0 Å². The molecule has 3 heteroatoms. The van der Waals surface area contributed by atoms with Gasteiger partial charge in [-0.2, -0.15) is 12.6 Å². The van der Waals surface area contributed by atoms with Gasteiger partial charge in [0.05, 0.1) is 0 Å². The Kier molecular flexibility index (Phi) is 2.79. The van der Waals surface area contributed by atoms with Gasteiger partial charge in [-0.25, -0.2) is 8.78 Å². The average molecular weight is 180 g/mol. The van der Waals surface area contributed by atoms with E-state index in [2.05, 4.69) is 12.6 Å². The van der Waals surface area contributed by atoms with E-state index >= 15 is 0 Å². The second kappa shape index (κ2) is 3.30. The molecule has 0 radical (unpaired) electrons. The van der Waals surface area contributed by atoms with Crippen LogP contribution in [-0.4, -0.2) is 11.2 Å². The minimum Gasteiger partial charge on any atom is -0.207 e. The topological polar surface area (TPSA) is 0 Å². The molecule has 0 spiro atoms. The summed E-state index contributed by atoms with van der Waals surface area (Å²) in [6.45, 7) is 1.98. The van der Waals surface area contributed by atoms with Crippen LogP contribution in [0, 0.1) is 5.92 Å². The first-order chi connectivity index (χ1) is 5.01. The van der Waals surface area contributed by atoms with E-state index in [-0.39, 0.29) is 18.1 Å². The third-order valence-electron chi connectivity index (χ3n) is 2.44. The fourth-order valence-electron chi connectivity index (χ4n) is 1.54. The number of alkyl halides is 2. The van der Waals surface area contributed by atoms with Gasteiger partial charge in [0.1, 0.15) is 0 Å². The summed E-state index contributed by atoms with van der Waals surface area (Å²) in [5.41, 5.74) is 0. The molecule has 0 N–H and O–H groups in total. The highest BCUT2D eigenvalue weighted by atomic mass is 32.1. The van der Waals surface area contributed by atoms with Crippen molar-refractivity contribution < 1.29 is 8.78 Å². The molecular weight excluding hydrogens is 166 g/mol. The molecule has 0 heterocycles. The second-order valence-electron chi connectivity index (χ2n) is 3.43. The fourth-order valence-corrected chi connectivity index (χ4v) is 1.84. The first kappa shape index (κ1) is 9.30. The van der Waals surface area contributed by atoms with E-state index in [0.717, 1.165) is 0 Å². The minimum absolute atomic E-state index is 0.0581. The maximum atomic E-state index is 12.6. The summed E-state index contributed by atoms with van der Waals surface area (Å²) in [4.78, 5) is 0. The van der Waals surface area contributed by atoms with Crippen LogP contribution in [0.1, 0.15) is 32.6 Å². The highest BCUT2D eigenvalue weighted by Gasteiger charge is 2.35. The summed E-state index contributed by atoms with van der Waals surface area (Å²) in [7, 11) is 0. The van der Waals surface area contributed by atoms with Crippen molar-refractivity contribution in [1.29, 1.82) is 0 Å². The molecule has 0 nitrogen and oxygen atoms in total. The Bertz CT molecular complexity index is 124. The Morgan fingerprint density at radius 1 is 1.36 bits per heavy atom. The van der Waals surface area contributed by atoms with E-state index < -0.39 is 5.92 Å². The summed E-state index contributed by atoms with van der Waals surface area (Å²) in [5.74, 6) is -1.99. The van der Waals surface area contributed by atoms with Gasteiger partial charge in [0.25, 0.3) is 0 Å². The van der Waals surface area contributed by atoms with Gasteiger partial charge in [-0.1, -0.05) is 6.92 Å². The molecule has 1 saturated carbocycles. The molecule has 1 atom stereocenters. The highest BCUT2D eigenvalue weighted by Crippen LogP contribution is 2.38. The fraction of sp³-hybridized carbons (Fsp3) is 1.00. The van der Waals surface area contributed by atoms with Crippen LogP contribution in [0.3, 0.4) is 0 Å². The summed E-state index contributed by atoms with van der Waals surface area (Å²) in [6, 6.07) is 0. The van der Waals surface area contributed by atoms with E-state index in [1.54, 1.807) is 0 Å². The predicted octanol–water partition coefficient (Wildman–Crippen LogP) is 3.13. The zero-order chi connectivity index (χ0) is 8.48. The minimum atomic E-state index is -2.39. The third kappa shape index (κ3) is 2.62. The van der Waals surface area contributed by atoms with Crippen LogP contribution in [-0.2, 0) is 0 Å². The van der Waals surface area contributed by atoms with Gasteiger partial charge < -0.3 is 0 Å². The molecule has 0 saturated heterocycles. The van der Waals surface area contributed by atoms with E-state index in [0.29, 0.717) is 18.8 Å². The molecule has 0 bridgehead atoms. The normalized spacial score (nSPS) is 28.4. The summed E-state index contributed by atoms with van der Waals surface area (Å²) < 4.78 is 25.2. The maximum absolute atomic E-state index is 12.6. The molecule has 1 fully saturated rings. The molecule has 66 valence electrons. The van der Waals surface area contributed by atoms with Gasteiger partial charge in [-0.15, -0.1) is 0 Å². The van der Waals surface area contributed by atoms with Crippen molar-refractivity contribution in [3.63, 3.8) is 0 Å². The van der Waals surface area contributed by atoms with Crippen LogP contribution in [0.5, 0.6) is 0 Å². The van der Waals surface area contributed by atoms with E-state index in [1.165, 1.54) is 0 Å². The number of halogens is 2. The first-order valence-corrected chi connectivity index (χ1v) is 4.59. The first-order valence-electron chi connectivity index (χ1n) is 4.07. The number of thiol groups is 1. The third-order valence-corrected chi connectivity index (χ3v) is 2.87. The van der Waals surface area contributed by atoms with Crippen molar-refractivity contribution >= 4 is 12.6 Å². The molecule has 0 aliphatic heterocycles. The lowest BCUT2D eigenvalue weighted by Gasteiger charge is -2.29. The molecule has 0 aromatic heterocycles. The summed E-state index contributed by atoms with van der Waals surface area (Å²) in [6.07, 6.45) is 1.39. The molecule has 0 aromatic carbocycles. The van der Waals surface area contributed by atoms with Crippen molar-refractivity contribution in [2.45, 2.75) is 43.8 Å². The highest BCUT2D eigenvalue weighted by molar-refractivity contribution is 7.80. The standard InChI is InChI=1S/C8H14F2S/c1-6(11)7-2-4-8(9,10)5-3-7/h6-7,11H,2-5H2,1H3. The Hall–Kier alpha value is 0.210. The van der Waals surface area contributed by atoms with E-state index in [9.17, 15) is 8.78 Å². The van der Waals surface area contributed by atoms with Gasteiger partial charge in [-0.3, -0.25) is 0 Å². The molecule has 0 aromatic rings. The molecule has 11 heavy (non-hydrogen) atoms. The molecular formula is C8H14F2S. The SMILES string of the molecule is CC(S)C1CCC(F)(F)CC1. The van der Waals surface area contributed by atoms with Gasteiger partial charge in [0.15, 0.2) is 0 Å². The van der Waals surface area contributed by atoms with Gasteiger partial charge >= 0.3 is 0 Å². The quantitative estimate of drug-likeness (QED) is 0.589.